The summed E-state index contributed by atoms with van der Waals surface area (Å²) in [6.45, 7) is 0. The van der Waals surface area contributed by atoms with E-state index in [0.717, 1.165) is 5.82 Å². The molecule has 0 saturated carbocycles. The van der Waals surface area contributed by atoms with Crippen LogP contribution in [0.4, 0.5) is 0 Å². The maximum absolute atomic E-state index is 11.8. The van der Waals surface area contributed by atoms with Gasteiger partial charge in [-0.15, -0.1) is 0 Å². The molecule has 0 bridgehead atoms. The van der Waals surface area contributed by atoms with Crippen LogP contribution in [0, 0.1) is 0 Å². The van der Waals surface area contributed by atoms with Gasteiger partial charge in [0.2, 0.25) is 0 Å². The number of imidazole rings is 2. The van der Waals surface area contributed by atoms with E-state index in [2.05, 4.69) is 9.97 Å². The number of hydrogen-bond acceptors (Lipinski definition) is 3. The molecule has 84 valence electrons. The molecule has 0 saturated heterocycles. The van der Waals surface area contributed by atoms with E-state index in [1.807, 2.05) is 24.9 Å². The minimum absolute atomic E-state index is 0.0514. The summed E-state index contributed by atoms with van der Waals surface area (Å²) in [6.07, 6.45) is 8.11. The molecule has 2 aromatic rings. The first-order valence-electron chi connectivity index (χ1n) is 5.15. The number of aromatic nitrogens is 4. The van der Waals surface area contributed by atoms with Crippen LogP contribution < -0.4 is 0 Å². The Labute approximate surface area is 93.8 Å². The highest BCUT2D eigenvalue weighted by molar-refractivity contribution is 5.92. The maximum atomic E-state index is 11.8. The zero-order valence-electron chi connectivity index (χ0n) is 9.42. The molecule has 2 heterocycles. The largest absolute Gasteiger partial charge is 0.338 e. The molecule has 2 aromatic heterocycles. The van der Waals surface area contributed by atoms with Gasteiger partial charge in [0, 0.05) is 51.7 Å². The van der Waals surface area contributed by atoms with E-state index >= 15 is 0 Å². The molecule has 0 aliphatic carbocycles. The highest BCUT2D eigenvalue weighted by Crippen LogP contribution is 2.04. The molecule has 0 amide bonds. The van der Waals surface area contributed by atoms with Crippen molar-refractivity contribution < 1.29 is 4.79 Å². The third-order valence-corrected chi connectivity index (χ3v) is 2.57. The summed E-state index contributed by atoms with van der Waals surface area (Å²) < 4.78 is 3.66. The number of carbonyl (C=O) groups is 1. The standard InChI is InChI=1S/C11H14N4O/c1-14-7-5-12-10(14)4-3-9(16)11-13-6-8-15(11)2/h5-8H,3-4H2,1-2H3. The number of carbonyl (C=O) groups excluding carboxylic acids is 1. The van der Waals surface area contributed by atoms with Crippen LogP contribution in [0.3, 0.4) is 0 Å². The summed E-state index contributed by atoms with van der Waals surface area (Å²) in [7, 11) is 3.74. The number of rotatable bonds is 4. The molecule has 0 aliphatic heterocycles. The van der Waals surface area contributed by atoms with E-state index in [0.29, 0.717) is 18.7 Å². The molecule has 16 heavy (non-hydrogen) atoms. The third-order valence-electron chi connectivity index (χ3n) is 2.57. The van der Waals surface area contributed by atoms with Gasteiger partial charge in [-0.3, -0.25) is 4.79 Å². The molecule has 0 aliphatic rings. The Bertz CT molecular complexity index is 498. The van der Waals surface area contributed by atoms with Crippen molar-refractivity contribution >= 4 is 5.78 Å². The molecular weight excluding hydrogens is 204 g/mol. The zero-order chi connectivity index (χ0) is 11.5. The van der Waals surface area contributed by atoms with Crippen LogP contribution in [0.1, 0.15) is 22.9 Å². The molecular formula is C11H14N4O. The van der Waals surface area contributed by atoms with Crippen molar-refractivity contribution in [3.05, 3.63) is 36.4 Å². The molecule has 0 atom stereocenters. The van der Waals surface area contributed by atoms with Gasteiger partial charge in [-0.1, -0.05) is 0 Å². The Kier molecular flexibility index (Phi) is 2.85. The lowest BCUT2D eigenvalue weighted by molar-refractivity contribution is 0.0969. The molecule has 5 nitrogen and oxygen atoms in total. The van der Waals surface area contributed by atoms with Crippen molar-refractivity contribution in [3.63, 3.8) is 0 Å². The highest BCUT2D eigenvalue weighted by atomic mass is 16.1. The second kappa shape index (κ2) is 4.30. The number of ketones is 1. The van der Waals surface area contributed by atoms with Crippen LogP contribution in [0.15, 0.2) is 24.8 Å². The van der Waals surface area contributed by atoms with Crippen molar-refractivity contribution in [3.8, 4) is 0 Å². The van der Waals surface area contributed by atoms with Crippen LogP contribution in [-0.4, -0.2) is 24.9 Å². The summed E-state index contributed by atoms with van der Waals surface area (Å²) in [5.74, 6) is 1.48. The number of hydrogen-bond donors (Lipinski definition) is 0. The highest BCUT2D eigenvalue weighted by Gasteiger charge is 2.11. The first-order valence-corrected chi connectivity index (χ1v) is 5.15. The van der Waals surface area contributed by atoms with E-state index < -0.39 is 0 Å². The molecule has 0 aromatic carbocycles. The van der Waals surface area contributed by atoms with Crippen LogP contribution in [-0.2, 0) is 20.5 Å². The van der Waals surface area contributed by atoms with Crippen LogP contribution in [0.25, 0.3) is 0 Å². The van der Waals surface area contributed by atoms with Gasteiger partial charge in [0.25, 0.3) is 0 Å². The number of Topliss-reactive ketones (excluding diaryl/α,β-unsaturated/α-hetero) is 1. The Hall–Kier alpha value is -1.91. The zero-order valence-corrected chi connectivity index (χ0v) is 9.42. The van der Waals surface area contributed by atoms with Crippen LogP contribution >= 0.6 is 0 Å². The van der Waals surface area contributed by atoms with Gasteiger partial charge in [-0.25, -0.2) is 9.97 Å². The molecule has 0 fully saturated rings. The van der Waals surface area contributed by atoms with Crippen LogP contribution in [0.5, 0.6) is 0 Å². The summed E-state index contributed by atoms with van der Waals surface area (Å²) in [5, 5.41) is 0. The lowest BCUT2D eigenvalue weighted by Crippen LogP contribution is -2.09. The molecule has 5 heteroatoms. The topological polar surface area (TPSA) is 52.7 Å². The Morgan fingerprint density at radius 1 is 1.19 bits per heavy atom. The van der Waals surface area contributed by atoms with E-state index in [9.17, 15) is 4.79 Å². The predicted octanol–water partition coefficient (Wildman–Crippen LogP) is 0.969. The van der Waals surface area contributed by atoms with E-state index in [4.69, 9.17) is 0 Å². The SMILES string of the molecule is Cn1ccnc1CCC(=O)c1nccn1C. The van der Waals surface area contributed by atoms with Crippen molar-refractivity contribution in [2.24, 2.45) is 14.1 Å². The Morgan fingerprint density at radius 3 is 2.44 bits per heavy atom. The van der Waals surface area contributed by atoms with E-state index in [-0.39, 0.29) is 5.78 Å². The maximum Gasteiger partial charge on any atom is 0.198 e. The van der Waals surface area contributed by atoms with Gasteiger partial charge in [0.1, 0.15) is 5.82 Å². The number of nitrogens with zero attached hydrogens (tertiary/aromatic N) is 4. The van der Waals surface area contributed by atoms with Gasteiger partial charge in [0.05, 0.1) is 0 Å². The first kappa shape index (κ1) is 10.6. The fourth-order valence-corrected chi connectivity index (χ4v) is 1.61. The van der Waals surface area contributed by atoms with Crippen LogP contribution in [0.2, 0.25) is 0 Å². The van der Waals surface area contributed by atoms with E-state index in [1.54, 1.807) is 23.2 Å². The third kappa shape index (κ3) is 2.03. The van der Waals surface area contributed by atoms with Crippen molar-refractivity contribution in [2.45, 2.75) is 12.8 Å². The molecule has 0 spiro atoms. The smallest absolute Gasteiger partial charge is 0.198 e. The van der Waals surface area contributed by atoms with Gasteiger partial charge in [-0.05, 0) is 0 Å². The van der Waals surface area contributed by atoms with Crippen molar-refractivity contribution in [1.29, 1.82) is 0 Å². The Balaban J connectivity index is 1.99. The van der Waals surface area contributed by atoms with Crippen molar-refractivity contribution in [2.75, 3.05) is 0 Å². The summed E-state index contributed by atoms with van der Waals surface area (Å²) in [6, 6.07) is 0. The monoisotopic (exact) mass is 218 g/mol. The van der Waals surface area contributed by atoms with Gasteiger partial charge >= 0.3 is 0 Å². The minimum Gasteiger partial charge on any atom is -0.338 e. The molecule has 2 rings (SSSR count). The number of aryl methyl sites for hydroxylation is 3. The minimum atomic E-state index is 0.0514. The van der Waals surface area contributed by atoms with Gasteiger partial charge < -0.3 is 9.13 Å². The quantitative estimate of drug-likeness (QED) is 0.718. The summed E-state index contributed by atoms with van der Waals surface area (Å²) in [5.41, 5.74) is 0. The van der Waals surface area contributed by atoms with Gasteiger partial charge in [0.15, 0.2) is 11.6 Å². The Morgan fingerprint density at radius 2 is 1.88 bits per heavy atom. The average molecular weight is 218 g/mol. The predicted molar refractivity (Wildman–Crippen MR) is 59.1 cm³/mol. The lowest BCUT2D eigenvalue weighted by Gasteiger charge is -2.02. The molecule has 0 unspecified atom stereocenters. The fourth-order valence-electron chi connectivity index (χ4n) is 1.61. The fraction of sp³-hybridized carbons (Fsp3) is 0.364. The van der Waals surface area contributed by atoms with Crippen molar-refractivity contribution in [1.82, 2.24) is 19.1 Å². The first-order chi connectivity index (χ1) is 7.68. The lowest BCUT2D eigenvalue weighted by atomic mass is 10.2. The van der Waals surface area contributed by atoms with Gasteiger partial charge in [-0.2, -0.15) is 0 Å². The second-order valence-electron chi connectivity index (χ2n) is 3.74. The molecule has 0 radical (unpaired) electrons. The molecule has 0 N–H and O–H groups in total. The normalized spacial score (nSPS) is 10.6. The average Bonchev–Trinajstić information content (AvgIpc) is 2.84. The summed E-state index contributed by atoms with van der Waals surface area (Å²) >= 11 is 0. The summed E-state index contributed by atoms with van der Waals surface area (Å²) in [4.78, 5) is 20.0. The second-order valence-corrected chi connectivity index (χ2v) is 3.74. The van der Waals surface area contributed by atoms with E-state index in [1.165, 1.54) is 0 Å².